The summed E-state index contributed by atoms with van der Waals surface area (Å²) in [4.78, 5) is 18.1. The molecule has 1 N–H and O–H groups in total. The number of hydrogen-bond donors (Lipinski definition) is 1. The zero-order valence-corrected chi connectivity index (χ0v) is 3.21. The topological polar surface area (TPSA) is 57.4 Å². The minimum Gasteiger partial charge on any atom is -0.238 e. The van der Waals surface area contributed by atoms with E-state index in [-0.39, 0.29) is 0 Å². The minimum atomic E-state index is -0.907. The highest BCUT2D eigenvalue weighted by Crippen LogP contribution is 1.61. The number of rotatable bonds is 0. The van der Waals surface area contributed by atoms with Crippen molar-refractivity contribution < 1.29 is 14.9 Å². The molecule has 0 saturated carbocycles. The molecule has 0 radical (unpaired) electrons. The van der Waals surface area contributed by atoms with E-state index in [2.05, 4.69) is 0 Å². The van der Waals surface area contributed by atoms with E-state index in [4.69, 9.17) is 5.21 Å². The molecule has 0 aliphatic carbocycles. The second-order valence-electron chi connectivity index (χ2n) is 0.792. The molecule has 0 bridgehead atoms. The molecular weight excluding hydrogens is 86.0 g/mol. The van der Waals surface area contributed by atoms with Crippen LogP contribution in [0.1, 0.15) is 6.92 Å². The van der Waals surface area contributed by atoms with Crippen LogP contribution in [0.3, 0.4) is 0 Å². The van der Waals surface area contributed by atoms with Crippen molar-refractivity contribution in [2.75, 3.05) is 0 Å². The molecule has 0 spiro atoms. The maximum Gasteiger partial charge on any atom is 0.487 e. The summed E-state index contributed by atoms with van der Waals surface area (Å²) in [6.45, 7) is 0.965. The fourth-order valence-corrected chi connectivity index (χ4v) is 0. The molecule has 0 aromatic heterocycles. The van der Waals surface area contributed by atoms with Gasteiger partial charge in [0.2, 0.25) is 0 Å². The lowest BCUT2D eigenvalue weighted by molar-refractivity contribution is -0.720. The first-order valence-electron chi connectivity index (χ1n) is 1.31. The van der Waals surface area contributed by atoms with Crippen molar-refractivity contribution in [2.45, 2.75) is 6.92 Å². The number of hydrogen-bond acceptors (Lipinski definition) is 2. The van der Waals surface area contributed by atoms with Crippen LogP contribution < -0.4 is 0 Å². The Labute approximate surface area is 33.9 Å². The molecule has 0 atom stereocenters. The third kappa shape index (κ3) is 1.40. The Morgan fingerprint density at radius 3 is 2.00 bits per heavy atom. The highest BCUT2D eigenvalue weighted by molar-refractivity contribution is 5.62. The molecule has 0 rings (SSSR count). The lowest BCUT2D eigenvalue weighted by Crippen LogP contribution is -2.07. The molecule has 0 heterocycles. The average Bonchev–Trinajstić information content (AvgIpc) is 1.36. The number of carbonyl (C=O) groups excluding carboxylic acids is 1. The third-order valence-corrected chi connectivity index (χ3v) is 0.269. The van der Waals surface area contributed by atoms with Crippen LogP contribution in [0.25, 0.3) is 0 Å². The van der Waals surface area contributed by atoms with Gasteiger partial charge in [0.05, 0.1) is 11.8 Å². The maximum absolute atomic E-state index is 9.51. The van der Waals surface area contributed by atoms with E-state index in [9.17, 15) is 9.70 Å². The summed E-state index contributed by atoms with van der Waals surface area (Å²) < 4.78 is 0. The first kappa shape index (κ1) is 5.07. The van der Waals surface area contributed by atoms with E-state index in [0.717, 1.165) is 6.92 Å². The van der Waals surface area contributed by atoms with Crippen LogP contribution >= 0.6 is 0 Å². The monoisotopic (exact) mass is 90.0 g/mol. The average molecular weight is 90.1 g/mol. The number of carbonyl (C=O) groups is 1. The van der Waals surface area contributed by atoms with Crippen LogP contribution in [0, 0.1) is 4.91 Å². The van der Waals surface area contributed by atoms with Crippen molar-refractivity contribution in [3.8, 4) is 0 Å². The first-order chi connectivity index (χ1) is 2.64. The summed E-state index contributed by atoms with van der Waals surface area (Å²) in [5.41, 5.74) is 0. The van der Waals surface area contributed by atoms with E-state index in [1.165, 1.54) is 0 Å². The van der Waals surface area contributed by atoms with Gasteiger partial charge in [-0.05, 0) is 0 Å². The van der Waals surface area contributed by atoms with Crippen LogP contribution in [0.2, 0.25) is 0 Å². The van der Waals surface area contributed by atoms with Crippen LogP contribution in [0.4, 0.5) is 0 Å². The van der Waals surface area contributed by atoms with Crippen molar-refractivity contribution >= 4 is 5.91 Å². The standard InChI is InChI=1S/C2H4NO3/c1-2(4)3(5)6/h1H3,(H,5,6)/q+1. The van der Waals surface area contributed by atoms with Crippen LogP contribution in [0.15, 0.2) is 0 Å². The number of nitrogens with zero attached hydrogens (tertiary/aromatic N) is 1. The third-order valence-electron chi connectivity index (χ3n) is 0.269. The highest BCUT2D eigenvalue weighted by Gasteiger charge is 2.09. The zero-order valence-electron chi connectivity index (χ0n) is 3.21. The summed E-state index contributed by atoms with van der Waals surface area (Å²) >= 11 is 0. The molecule has 4 heteroatoms. The van der Waals surface area contributed by atoms with Gasteiger partial charge in [-0.2, -0.15) is 0 Å². The van der Waals surface area contributed by atoms with Crippen LogP contribution in [-0.2, 0) is 4.79 Å². The molecule has 0 fully saturated rings. The summed E-state index contributed by atoms with van der Waals surface area (Å²) in [7, 11) is 0. The smallest absolute Gasteiger partial charge is 0.238 e. The van der Waals surface area contributed by atoms with Gasteiger partial charge in [0, 0.05) is 0 Å². The largest absolute Gasteiger partial charge is 0.487 e. The van der Waals surface area contributed by atoms with Gasteiger partial charge in [-0.25, -0.2) is 10.0 Å². The van der Waals surface area contributed by atoms with E-state index >= 15 is 0 Å². The van der Waals surface area contributed by atoms with Crippen molar-refractivity contribution in [3.05, 3.63) is 4.91 Å². The van der Waals surface area contributed by atoms with E-state index in [1.807, 2.05) is 0 Å². The Kier molecular flexibility index (Phi) is 1.26. The predicted molar refractivity (Wildman–Crippen MR) is 16.1 cm³/mol. The molecule has 4 nitrogen and oxygen atoms in total. The van der Waals surface area contributed by atoms with E-state index in [0.29, 0.717) is 0 Å². The molecule has 0 aliphatic rings. The molecule has 0 aromatic rings. The number of amides is 1. The first-order valence-corrected chi connectivity index (χ1v) is 1.31. The molecule has 0 aliphatic heterocycles. The highest BCUT2D eigenvalue weighted by atomic mass is 16.6. The maximum atomic E-state index is 9.51. The summed E-state index contributed by atoms with van der Waals surface area (Å²) in [5.74, 6) is -0.907. The summed E-state index contributed by atoms with van der Waals surface area (Å²) in [5, 5.41) is 7.56. The summed E-state index contributed by atoms with van der Waals surface area (Å²) in [6, 6.07) is 0. The Morgan fingerprint density at radius 2 is 2.00 bits per heavy atom. The fraction of sp³-hybridized carbons (Fsp3) is 0.500. The molecule has 34 valence electrons. The lowest BCUT2D eigenvalue weighted by Gasteiger charge is -1.61. The minimum absolute atomic E-state index is 0.722. The van der Waals surface area contributed by atoms with Crippen molar-refractivity contribution in [1.29, 1.82) is 0 Å². The molecule has 0 saturated heterocycles. The quantitative estimate of drug-likeness (QED) is 0.328. The molecule has 6 heavy (non-hydrogen) atoms. The molecular formula is C2H4NO3+. The van der Waals surface area contributed by atoms with Crippen LogP contribution in [-0.4, -0.2) is 16.0 Å². The van der Waals surface area contributed by atoms with Gasteiger partial charge in [0.25, 0.3) is 4.92 Å². The van der Waals surface area contributed by atoms with E-state index < -0.39 is 10.8 Å². The van der Waals surface area contributed by atoms with Crippen molar-refractivity contribution in [1.82, 2.24) is 0 Å². The Hall–Kier alpha value is -0.930. The van der Waals surface area contributed by atoms with Crippen molar-refractivity contribution in [2.24, 2.45) is 0 Å². The van der Waals surface area contributed by atoms with Gasteiger partial charge >= 0.3 is 5.91 Å². The second-order valence-corrected chi connectivity index (χ2v) is 0.792. The second kappa shape index (κ2) is 1.49. The van der Waals surface area contributed by atoms with Crippen molar-refractivity contribution in [3.63, 3.8) is 0 Å². The van der Waals surface area contributed by atoms with Gasteiger partial charge in [0.1, 0.15) is 0 Å². The van der Waals surface area contributed by atoms with Gasteiger partial charge in [-0.1, -0.05) is 0 Å². The SMILES string of the molecule is CC(=O)[N+](=O)O. The van der Waals surface area contributed by atoms with E-state index in [1.54, 1.807) is 0 Å². The van der Waals surface area contributed by atoms with Gasteiger partial charge in [-0.15, -0.1) is 0 Å². The van der Waals surface area contributed by atoms with Gasteiger partial charge in [-0.3, -0.25) is 0 Å². The lowest BCUT2D eigenvalue weighted by atomic mass is 10.8. The normalized spacial score (nSPS) is 7.50. The predicted octanol–water partition coefficient (Wildman–Crippen LogP) is -0.299. The Balaban J connectivity index is 3.57. The summed E-state index contributed by atoms with van der Waals surface area (Å²) in [6.07, 6.45) is 0. The molecule has 1 amide bonds. The van der Waals surface area contributed by atoms with Gasteiger partial charge < -0.3 is 0 Å². The van der Waals surface area contributed by atoms with Crippen LogP contribution in [0.5, 0.6) is 0 Å². The molecule has 0 aromatic carbocycles. The Morgan fingerprint density at radius 1 is 1.83 bits per heavy atom. The molecule has 0 unspecified atom stereocenters. The zero-order chi connectivity index (χ0) is 5.15. The fourth-order valence-electron chi connectivity index (χ4n) is 0. The van der Waals surface area contributed by atoms with Gasteiger partial charge in [0.15, 0.2) is 0 Å². The Bertz CT molecular complexity index is 74.8.